The molecule has 0 atom stereocenters. The van der Waals surface area contributed by atoms with Crippen molar-refractivity contribution in [3.05, 3.63) is 77.3 Å². The van der Waals surface area contributed by atoms with Crippen molar-refractivity contribution in [3.8, 4) is 16.3 Å². The lowest BCUT2D eigenvalue weighted by molar-refractivity contribution is -0.118. The van der Waals surface area contributed by atoms with E-state index in [9.17, 15) is 4.79 Å². The molecule has 28 heavy (non-hydrogen) atoms. The molecule has 0 fully saturated rings. The lowest BCUT2D eigenvalue weighted by Gasteiger charge is -2.10. The first kappa shape index (κ1) is 18.5. The summed E-state index contributed by atoms with van der Waals surface area (Å²) in [6, 6.07) is 21.0. The van der Waals surface area contributed by atoms with Crippen molar-refractivity contribution >= 4 is 44.7 Å². The number of ether oxygens (including phenoxy) is 1. The van der Waals surface area contributed by atoms with Gasteiger partial charge in [-0.1, -0.05) is 23.7 Å². The van der Waals surface area contributed by atoms with E-state index in [0.29, 0.717) is 10.8 Å². The molecule has 0 saturated heterocycles. The summed E-state index contributed by atoms with van der Waals surface area (Å²) in [5.41, 5.74) is 3.65. The largest absolute Gasteiger partial charge is 0.484 e. The topological polar surface area (TPSA) is 51.2 Å². The summed E-state index contributed by atoms with van der Waals surface area (Å²) < 4.78 is 6.76. The van der Waals surface area contributed by atoms with Crippen molar-refractivity contribution in [2.24, 2.45) is 0 Å². The number of thiazole rings is 1. The molecule has 0 aliphatic carbocycles. The highest BCUT2D eigenvalue weighted by molar-refractivity contribution is 7.21. The second-order valence-electron chi connectivity index (χ2n) is 6.31. The Hall–Kier alpha value is -2.89. The van der Waals surface area contributed by atoms with Gasteiger partial charge in [0.05, 0.1) is 10.2 Å². The van der Waals surface area contributed by atoms with Gasteiger partial charge in [-0.05, 0) is 67.1 Å². The second kappa shape index (κ2) is 8.00. The van der Waals surface area contributed by atoms with Crippen LogP contribution in [0.1, 0.15) is 5.56 Å². The molecule has 6 heteroatoms. The minimum Gasteiger partial charge on any atom is -0.484 e. The second-order valence-corrected chi connectivity index (χ2v) is 7.77. The molecule has 4 rings (SSSR count). The molecule has 0 aliphatic heterocycles. The van der Waals surface area contributed by atoms with Crippen LogP contribution in [-0.2, 0) is 4.79 Å². The number of benzene rings is 3. The summed E-state index contributed by atoms with van der Waals surface area (Å²) in [6.45, 7) is 1.83. The number of hydrogen-bond acceptors (Lipinski definition) is 4. The van der Waals surface area contributed by atoms with Gasteiger partial charge in [-0.15, -0.1) is 11.3 Å². The summed E-state index contributed by atoms with van der Waals surface area (Å²) in [5.74, 6) is 0.411. The molecule has 0 bridgehead atoms. The van der Waals surface area contributed by atoms with E-state index in [1.54, 1.807) is 29.5 Å². The first-order valence-corrected chi connectivity index (χ1v) is 9.93. The number of halogens is 1. The van der Waals surface area contributed by atoms with Crippen LogP contribution in [0.5, 0.6) is 5.75 Å². The molecule has 1 aromatic heterocycles. The maximum Gasteiger partial charge on any atom is 0.262 e. The van der Waals surface area contributed by atoms with Gasteiger partial charge in [-0.3, -0.25) is 4.79 Å². The number of carbonyl (C=O) groups is 1. The summed E-state index contributed by atoms with van der Waals surface area (Å²) in [5, 5.41) is 4.43. The minimum atomic E-state index is -0.222. The van der Waals surface area contributed by atoms with E-state index in [1.165, 1.54) is 0 Å². The Balaban J connectivity index is 1.38. The van der Waals surface area contributed by atoms with Gasteiger partial charge in [0.2, 0.25) is 0 Å². The molecule has 0 spiro atoms. The van der Waals surface area contributed by atoms with Crippen LogP contribution in [0.3, 0.4) is 0 Å². The highest BCUT2D eigenvalue weighted by Gasteiger charge is 2.08. The summed E-state index contributed by atoms with van der Waals surface area (Å²) in [7, 11) is 0. The van der Waals surface area contributed by atoms with E-state index < -0.39 is 0 Å². The van der Waals surface area contributed by atoms with Crippen LogP contribution in [0.2, 0.25) is 5.02 Å². The lowest BCUT2D eigenvalue weighted by atomic mass is 10.2. The summed E-state index contributed by atoms with van der Waals surface area (Å²) in [6.07, 6.45) is 0. The standard InChI is InChI=1S/C22H17ClN2O2S/c1-14-12-16(23)8-11-18(14)24-21(26)13-27-17-9-6-15(7-10-17)22-25-19-4-2-3-5-20(19)28-22/h2-12H,13H2,1H3,(H,24,26). The number of anilines is 1. The normalized spacial score (nSPS) is 10.8. The molecule has 1 heterocycles. The smallest absolute Gasteiger partial charge is 0.262 e. The Morgan fingerprint density at radius 2 is 1.89 bits per heavy atom. The molecule has 0 unspecified atom stereocenters. The Bertz CT molecular complexity index is 1110. The number of aryl methyl sites for hydroxylation is 1. The number of rotatable bonds is 5. The van der Waals surface area contributed by atoms with Crippen molar-refractivity contribution < 1.29 is 9.53 Å². The van der Waals surface area contributed by atoms with Crippen molar-refractivity contribution in [1.29, 1.82) is 0 Å². The van der Waals surface area contributed by atoms with Crippen molar-refractivity contribution in [2.45, 2.75) is 6.92 Å². The number of nitrogens with zero attached hydrogens (tertiary/aromatic N) is 1. The third-order valence-corrected chi connectivity index (χ3v) is 5.55. The summed E-state index contributed by atoms with van der Waals surface area (Å²) in [4.78, 5) is 16.8. The fraction of sp³-hybridized carbons (Fsp3) is 0.0909. The van der Waals surface area contributed by atoms with E-state index in [1.807, 2.05) is 49.4 Å². The maximum absolute atomic E-state index is 12.1. The fourth-order valence-corrected chi connectivity index (χ4v) is 3.99. The van der Waals surface area contributed by atoms with Crippen LogP contribution in [-0.4, -0.2) is 17.5 Å². The van der Waals surface area contributed by atoms with Gasteiger partial charge in [0.15, 0.2) is 6.61 Å². The highest BCUT2D eigenvalue weighted by Crippen LogP contribution is 2.30. The van der Waals surface area contributed by atoms with E-state index in [2.05, 4.69) is 16.4 Å². The van der Waals surface area contributed by atoms with Crippen LogP contribution in [0.15, 0.2) is 66.7 Å². The zero-order chi connectivity index (χ0) is 19.5. The summed E-state index contributed by atoms with van der Waals surface area (Å²) >= 11 is 7.59. The number of nitrogens with one attached hydrogen (secondary N) is 1. The first-order valence-electron chi connectivity index (χ1n) is 8.73. The zero-order valence-corrected chi connectivity index (χ0v) is 16.7. The molecule has 1 amide bonds. The Kier molecular flexibility index (Phi) is 5.28. The van der Waals surface area contributed by atoms with Crippen molar-refractivity contribution in [2.75, 3.05) is 11.9 Å². The van der Waals surface area contributed by atoms with E-state index in [-0.39, 0.29) is 12.5 Å². The Labute approximate surface area is 171 Å². The third-order valence-electron chi connectivity index (χ3n) is 4.23. The number of para-hydroxylation sites is 1. The van der Waals surface area contributed by atoms with Crippen LogP contribution in [0.4, 0.5) is 5.69 Å². The van der Waals surface area contributed by atoms with Crippen LogP contribution in [0.25, 0.3) is 20.8 Å². The molecule has 0 radical (unpaired) electrons. The number of fused-ring (bicyclic) bond motifs is 1. The molecular formula is C22H17ClN2O2S. The highest BCUT2D eigenvalue weighted by atomic mass is 35.5. The molecule has 1 N–H and O–H groups in total. The fourth-order valence-electron chi connectivity index (χ4n) is 2.79. The van der Waals surface area contributed by atoms with E-state index >= 15 is 0 Å². The zero-order valence-electron chi connectivity index (χ0n) is 15.1. The van der Waals surface area contributed by atoms with Gasteiger partial charge in [0.1, 0.15) is 10.8 Å². The number of aromatic nitrogens is 1. The van der Waals surface area contributed by atoms with Gasteiger partial charge in [-0.25, -0.2) is 4.98 Å². The molecule has 0 saturated carbocycles. The van der Waals surface area contributed by atoms with E-state index in [4.69, 9.17) is 16.3 Å². The predicted molar refractivity (Wildman–Crippen MR) is 115 cm³/mol. The molecule has 140 valence electrons. The van der Waals surface area contributed by atoms with Gasteiger partial charge in [-0.2, -0.15) is 0 Å². The predicted octanol–water partition coefficient (Wildman–Crippen LogP) is 5.94. The molecule has 0 aliphatic rings. The number of carbonyl (C=O) groups excluding carboxylic acids is 1. The van der Waals surface area contributed by atoms with Gasteiger partial charge < -0.3 is 10.1 Å². The molecular weight excluding hydrogens is 392 g/mol. The molecule has 4 nitrogen and oxygen atoms in total. The molecule has 4 aromatic rings. The van der Waals surface area contributed by atoms with Gasteiger partial charge in [0.25, 0.3) is 5.91 Å². The SMILES string of the molecule is Cc1cc(Cl)ccc1NC(=O)COc1ccc(-c2nc3ccccc3s2)cc1. The first-order chi connectivity index (χ1) is 13.6. The quantitative estimate of drug-likeness (QED) is 0.444. The number of amides is 1. The lowest BCUT2D eigenvalue weighted by Crippen LogP contribution is -2.20. The van der Waals surface area contributed by atoms with Crippen molar-refractivity contribution in [1.82, 2.24) is 4.98 Å². The van der Waals surface area contributed by atoms with Crippen molar-refractivity contribution in [3.63, 3.8) is 0 Å². The van der Waals surface area contributed by atoms with E-state index in [0.717, 1.165) is 32.0 Å². The minimum absolute atomic E-state index is 0.0669. The van der Waals surface area contributed by atoms with Gasteiger partial charge >= 0.3 is 0 Å². The Morgan fingerprint density at radius 1 is 1.11 bits per heavy atom. The van der Waals surface area contributed by atoms with Gasteiger partial charge in [0, 0.05) is 16.3 Å². The average molecular weight is 409 g/mol. The third kappa shape index (κ3) is 4.16. The Morgan fingerprint density at radius 3 is 2.64 bits per heavy atom. The maximum atomic E-state index is 12.1. The molecule has 3 aromatic carbocycles. The van der Waals surface area contributed by atoms with Crippen LogP contribution >= 0.6 is 22.9 Å². The van der Waals surface area contributed by atoms with Crippen LogP contribution in [0, 0.1) is 6.92 Å². The monoisotopic (exact) mass is 408 g/mol. The number of hydrogen-bond donors (Lipinski definition) is 1. The van der Waals surface area contributed by atoms with Crippen LogP contribution < -0.4 is 10.1 Å². The average Bonchev–Trinajstić information content (AvgIpc) is 3.13.